The van der Waals surface area contributed by atoms with Gasteiger partial charge in [0.15, 0.2) is 0 Å². The molecule has 2 aliphatic rings. The molecule has 3 aromatic rings. The fourth-order valence-electron chi connectivity index (χ4n) is 5.02. The minimum absolute atomic E-state index is 0.00937. The first-order valence-electron chi connectivity index (χ1n) is 11.4. The van der Waals surface area contributed by atoms with Crippen molar-refractivity contribution >= 4 is 5.91 Å². The molecule has 1 N–H and O–H groups in total. The van der Waals surface area contributed by atoms with Gasteiger partial charge in [0.1, 0.15) is 18.1 Å². The number of H-pyrrole nitrogens is 1. The Morgan fingerprint density at radius 3 is 2.75 bits per heavy atom. The number of piperidine rings is 1. The molecule has 8 nitrogen and oxygen atoms in total. The summed E-state index contributed by atoms with van der Waals surface area (Å²) in [4.78, 5) is 30.0. The number of amides is 1. The van der Waals surface area contributed by atoms with E-state index in [0.717, 1.165) is 50.3 Å². The number of nitrogens with zero attached hydrogens (tertiary/aromatic N) is 5. The first-order valence-corrected chi connectivity index (χ1v) is 11.4. The zero-order chi connectivity index (χ0) is 21.9. The second kappa shape index (κ2) is 9.16. The highest BCUT2D eigenvalue weighted by atomic mass is 16.5. The minimum Gasteiger partial charge on any atom is -0.492 e. The molecule has 1 unspecified atom stereocenters. The number of carbonyl (C=O) groups is 1. The van der Waals surface area contributed by atoms with Gasteiger partial charge in [0.2, 0.25) is 0 Å². The van der Waals surface area contributed by atoms with E-state index in [4.69, 9.17) is 4.74 Å². The number of aromatic nitrogens is 4. The van der Waals surface area contributed by atoms with E-state index in [9.17, 15) is 4.79 Å². The van der Waals surface area contributed by atoms with Crippen molar-refractivity contribution in [2.24, 2.45) is 13.0 Å². The van der Waals surface area contributed by atoms with Crippen molar-refractivity contribution in [3.8, 4) is 5.75 Å². The van der Waals surface area contributed by atoms with Gasteiger partial charge in [-0.15, -0.1) is 0 Å². The molecule has 1 saturated heterocycles. The monoisotopic (exact) mass is 434 g/mol. The van der Waals surface area contributed by atoms with Crippen molar-refractivity contribution in [2.45, 2.75) is 25.3 Å². The van der Waals surface area contributed by atoms with Gasteiger partial charge in [-0.25, -0.2) is 9.97 Å². The van der Waals surface area contributed by atoms with Gasteiger partial charge in [0.05, 0.1) is 30.6 Å². The zero-order valence-corrected chi connectivity index (χ0v) is 18.5. The standard InChI is InChI=1S/C24H30N6O2/c1-28-17-25-15-21(28)24(31)30-12-9-20-22(27-16-26-20)23(30)18-7-10-29(11-8-18)13-14-32-19-5-3-2-4-6-19/h2-6,15-18,23H,7-14H2,1H3,(H,26,27). The molecule has 5 rings (SSSR count). The van der Waals surface area contributed by atoms with Crippen LogP contribution in [0.25, 0.3) is 0 Å². The molecule has 0 saturated carbocycles. The topological polar surface area (TPSA) is 79.3 Å². The molecular weight excluding hydrogens is 404 g/mol. The maximum atomic E-state index is 13.4. The van der Waals surface area contributed by atoms with Crippen LogP contribution in [0.5, 0.6) is 5.75 Å². The molecule has 168 valence electrons. The number of aryl methyl sites for hydroxylation is 1. The SMILES string of the molecule is Cn1cncc1C(=O)N1CCc2[nH]cnc2C1C1CCN(CCOc2ccccc2)CC1. The third-order valence-electron chi connectivity index (χ3n) is 6.77. The number of imidazole rings is 2. The lowest BCUT2D eigenvalue weighted by Crippen LogP contribution is -2.47. The predicted molar refractivity (Wildman–Crippen MR) is 120 cm³/mol. The van der Waals surface area contributed by atoms with E-state index in [2.05, 4.69) is 19.9 Å². The van der Waals surface area contributed by atoms with Gasteiger partial charge in [-0.3, -0.25) is 9.69 Å². The zero-order valence-electron chi connectivity index (χ0n) is 18.5. The van der Waals surface area contributed by atoms with Gasteiger partial charge < -0.3 is 19.2 Å². The van der Waals surface area contributed by atoms with Crippen molar-refractivity contribution in [3.05, 3.63) is 66.3 Å². The Kier molecular flexibility index (Phi) is 5.94. The first-order chi connectivity index (χ1) is 15.7. The summed E-state index contributed by atoms with van der Waals surface area (Å²) in [5.41, 5.74) is 2.84. The molecule has 1 atom stereocenters. The molecule has 1 fully saturated rings. The molecule has 0 aliphatic carbocycles. The summed E-state index contributed by atoms with van der Waals surface area (Å²) in [5, 5.41) is 0. The Morgan fingerprint density at radius 2 is 2.00 bits per heavy atom. The van der Waals surface area contributed by atoms with Crippen molar-refractivity contribution in [2.75, 3.05) is 32.8 Å². The van der Waals surface area contributed by atoms with E-state index in [1.54, 1.807) is 23.4 Å². The fourth-order valence-corrected chi connectivity index (χ4v) is 5.02. The Balaban J connectivity index is 1.24. The number of benzene rings is 1. The summed E-state index contributed by atoms with van der Waals surface area (Å²) < 4.78 is 7.67. The van der Waals surface area contributed by atoms with Crippen LogP contribution in [-0.2, 0) is 13.5 Å². The Morgan fingerprint density at radius 1 is 1.19 bits per heavy atom. The number of carbonyl (C=O) groups excluding carboxylic acids is 1. The molecule has 1 aromatic carbocycles. The fraction of sp³-hybridized carbons (Fsp3) is 0.458. The summed E-state index contributed by atoms with van der Waals surface area (Å²) in [5.74, 6) is 1.35. The third kappa shape index (κ3) is 4.14. The quantitative estimate of drug-likeness (QED) is 0.645. The summed E-state index contributed by atoms with van der Waals surface area (Å²) >= 11 is 0. The smallest absolute Gasteiger partial charge is 0.272 e. The van der Waals surface area contributed by atoms with Gasteiger partial charge in [0.25, 0.3) is 5.91 Å². The van der Waals surface area contributed by atoms with Crippen molar-refractivity contribution < 1.29 is 9.53 Å². The van der Waals surface area contributed by atoms with Crippen LogP contribution in [0.3, 0.4) is 0 Å². The minimum atomic E-state index is 0.00937. The maximum Gasteiger partial charge on any atom is 0.272 e. The van der Waals surface area contributed by atoms with Crippen LogP contribution in [0.1, 0.15) is 40.8 Å². The average Bonchev–Trinajstić information content (AvgIpc) is 3.48. The van der Waals surface area contributed by atoms with Crippen LogP contribution in [0, 0.1) is 5.92 Å². The Hall–Kier alpha value is -3.13. The van der Waals surface area contributed by atoms with Gasteiger partial charge in [-0.05, 0) is 44.0 Å². The number of rotatable bonds is 6. The third-order valence-corrected chi connectivity index (χ3v) is 6.77. The number of hydrogen-bond donors (Lipinski definition) is 1. The normalized spacial score (nSPS) is 19.7. The summed E-state index contributed by atoms with van der Waals surface area (Å²) in [6, 6.07) is 9.97. The number of hydrogen-bond acceptors (Lipinski definition) is 5. The van der Waals surface area contributed by atoms with Crippen LogP contribution < -0.4 is 4.74 Å². The Bertz CT molecular complexity index is 1040. The number of para-hydroxylation sites is 1. The van der Waals surface area contributed by atoms with Crippen LogP contribution in [0.4, 0.5) is 0 Å². The molecule has 32 heavy (non-hydrogen) atoms. The van der Waals surface area contributed by atoms with Crippen LogP contribution in [0.15, 0.2) is 49.2 Å². The van der Waals surface area contributed by atoms with Gasteiger partial charge in [0, 0.05) is 32.3 Å². The van der Waals surface area contributed by atoms with Crippen LogP contribution in [-0.4, -0.2) is 68.0 Å². The molecule has 0 radical (unpaired) electrons. The van der Waals surface area contributed by atoms with E-state index >= 15 is 0 Å². The number of aromatic amines is 1. The Labute approximate surface area is 188 Å². The molecule has 2 aromatic heterocycles. The second-order valence-corrected chi connectivity index (χ2v) is 8.69. The molecule has 2 aliphatic heterocycles. The van der Waals surface area contributed by atoms with Crippen LogP contribution in [0.2, 0.25) is 0 Å². The van der Waals surface area contributed by atoms with E-state index in [1.165, 1.54) is 5.69 Å². The van der Waals surface area contributed by atoms with Gasteiger partial charge in [-0.1, -0.05) is 18.2 Å². The van der Waals surface area contributed by atoms with Crippen molar-refractivity contribution in [1.82, 2.24) is 29.3 Å². The van der Waals surface area contributed by atoms with Crippen molar-refractivity contribution in [1.29, 1.82) is 0 Å². The summed E-state index contributed by atoms with van der Waals surface area (Å²) in [7, 11) is 1.87. The molecule has 1 amide bonds. The largest absolute Gasteiger partial charge is 0.492 e. The summed E-state index contributed by atoms with van der Waals surface area (Å²) in [6.45, 7) is 4.32. The molecular formula is C24H30N6O2. The lowest BCUT2D eigenvalue weighted by Gasteiger charge is -2.42. The van der Waals surface area contributed by atoms with E-state index < -0.39 is 0 Å². The number of nitrogens with one attached hydrogen (secondary N) is 1. The first kappa shape index (κ1) is 20.8. The number of fused-ring (bicyclic) bond motifs is 1. The van der Waals surface area contributed by atoms with E-state index in [-0.39, 0.29) is 11.9 Å². The lowest BCUT2D eigenvalue weighted by atomic mass is 9.83. The number of likely N-dealkylation sites (tertiary alicyclic amines) is 1. The van der Waals surface area contributed by atoms with E-state index in [1.807, 2.05) is 42.3 Å². The van der Waals surface area contributed by atoms with Gasteiger partial charge >= 0.3 is 0 Å². The molecule has 8 heteroatoms. The highest BCUT2D eigenvalue weighted by Gasteiger charge is 2.40. The summed E-state index contributed by atoms with van der Waals surface area (Å²) in [6.07, 6.45) is 8.00. The molecule has 0 bridgehead atoms. The molecule has 4 heterocycles. The number of ether oxygens (including phenoxy) is 1. The highest BCUT2D eigenvalue weighted by Crippen LogP contribution is 2.39. The maximum absolute atomic E-state index is 13.4. The van der Waals surface area contributed by atoms with Crippen molar-refractivity contribution in [3.63, 3.8) is 0 Å². The highest BCUT2D eigenvalue weighted by molar-refractivity contribution is 5.92. The van der Waals surface area contributed by atoms with Crippen LogP contribution >= 0.6 is 0 Å². The second-order valence-electron chi connectivity index (χ2n) is 8.69. The van der Waals surface area contributed by atoms with E-state index in [0.29, 0.717) is 24.8 Å². The van der Waals surface area contributed by atoms with Gasteiger partial charge in [-0.2, -0.15) is 0 Å². The molecule has 0 spiro atoms. The predicted octanol–water partition coefficient (Wildman–Crippen LogP) is 2.67. The average molecular weight is 435 g/mol. The lowest BCUT2D eigenvalue weighted by molar-refractivity contribution is 0.0453.